The Morgan fingerprint density at radius 1 is 1.06 bits per heavy atom. The number of phenolic OH excluding ortho intramolecular Hbond substituents is 1. The van der Waals surface area contributed by atoms with Gasteiger partial charge in [-0.15, -0.1) is 0 Å². The number of benzene rings is 2. The predicted octanol–water partition coefficient (Wildman–Crippen LogP) is 4.16. The molecule has 1 nitrogen and oxygen atoms in total. The summed E-state index contributed by atoms with van der Waals surface area (Å²) in [5.74, 6) is 0.186. The normalized spacial score (nSPS) is 11.5. The SMILES string of the molecule is CC(C)(C)c1ccccc1-c1cc[c]c(O)c1. The molecular formula is C16H17O. The van der Waals surface area contributed by atoms with Crippen molar-refractivity contribution in [2.45, 2.75) is 26.2 Å². The van der Waals surface area contributed by atoms with Crippen LogP contribution in [0.4, 0.5) is 0 Å². The van der Waals surface area contributed by atoms with Crippen LogP contribution in [0.1, 0.15) is 26.3 Å². The predicted molar refractivity (Wildman–Crippen MR) is 71.1 cm³/mol. The summed E-state index contributed by atoms with van der Waals surface area (Å²) in [6, 6.07) is 16.6. The Morgan fingerprint density at radius 3 is 2.41 bits per heavy atom. The highest BCUT2D eigenvalue weighted by Gasteiger charge is 2.18. The molecule has 0 amide bonds. The van der Waals surface area contributed by atoms with E-state index in [0.717, 1.165) is 5.56 Å². The lowest BCUT2D eigenvalue weighted by Gasteiger charge is -2.23. The summed E-state index contributed by atoms with van der Waals surface area (Å²) >= 11 is 0. The van der Waals surface area contributed by atoms with Gasteiger partial charge >= 0.3 is 0 Å². The second-order valence-electron chi connectivity index (χ2n) is 5.26. The van der Waals surface area contributed by atoms with E-state index in [1.54, 1.807) is 12.1 Å². The average molecular weight is 225 g/mol. The maximum absolute atomic E-state index is 9.51. The van der Waals surface area contributed by atoms with Gasteiger partial charge in [0.1, 0.15) is 5.75 Å². The van der Waals surface area contributed by atoms with Gasteiger partial charge in [0.2, 0.25) is 0 Å². The van der Waals surface area contributed by atoms with Crippen LogP contribution >= 0.6 is 0 Å². The highest BCUT2D eigenvalue weighted by Crippen LogP contribution is 2.33. The molecule has 2 aromatic rings. The Kier molecular flexibility index (Phi) is 2.93. The highest BCUT2D eigenvalue weighted by atomic mass is 16.3. The van der Waals surface area contributed by atoms with E-state index < -0.39 is 0 Å². The molecule has 17 heavy (non-hydrogen) atoms. The Morgan fingerprint density at radius 2 is 1.76 bits per heavy atom. The maximum Gasteiger partial charge on any atom is 0.124 e. The summed E-state index contributed by atoms with van der Waals surface area (Å²) in [6.45, 7) is 6.59. The molecule has 0 aromatic heterocycles. The number of hydrogen-bond acceptors (Lipinski definition) is 1. The van der Waals surface area contributed by atoms with Crippen LogP contribution < -0.4 is 0 Å². The van der Waals surface area contributed by atoms with Crippen LogP contribution in [0.25, 0.3) is 11.1 Å². The topological polar surface area (TPSA) is 20.2 Å². The minimum Gasteiger partial charge on any atom is -0.507 e. The van der Waals surface area contributed by atoms with Crippen molar-refractivity contribution in [3.63, 3.8) is 0 Å². The maximum atomic E-state index is 9.51. The van der Waals surface area contributed by atoms with Crippen molar-refractivity contribution >= 4 is 0 Å². The average Bonchev–Trinajstić information content (AvgIpc) is 2.28. The summed E-state index contributed by atoms with van der Waals surface area (Å²) in [5.41, 5.74) is 3.58. The molecule has 0 saturated carbocycles. The Hall–Kier alpha value is -1.76. The zero-order valence-corrected chi connectivity index (χ0v) is 10.5. The smallest absolute Gasteiger partial charge is 0.124 e. The molecule has 0 aliphatic heterocycles. The molecule has 1 N–H and O–H groups in total. The van der Waals surface area contributed by atoms with E-state index in [2.05, 4.69) is 45.0 Å². The molecule has 0 bridgehead atoms. The van der Waals surface area contributed by atoms with Gasteiger partial charge in [0.05, 0.1) is 0 Å². The monoisotopic (exact) mass is 225 g/mol. The Balaban J connectivity index is 2.60. The minimum atomic E-state index is 0.0891. The van der Waals surface area contributed by atoms with E-state index in [1.165, 1.54) is 11.1 Å². The van der Waals surface area contributed by atoms with E-state index in [9.17, 15) is 5.11 Å². The summed E-state index contributed by atoms with van der Waals surface area (Å²) < 4.78 is 0. The summed E-state index contributed by atoms with van der Waals surface area (Å²) in [6.07, 6.45) is 0. The number of aromatic hydroxyl groups is 1. The lowest BCUT2D eigenvalue weighted by Crippen LogP contribution is -2.12. The number of hydrogen-bond donors (Lipinski definition) is 1. The molecule has 0 unspecified atom stereocenters. The first kappa shape index (κ1) is 11.7. The van der Waals surface area contributed by atoms with Crippen LogP contribution in [0.15, 0.2) is 42.5 Å². The summed E-state index contributed by atoms with van der Waals surface area (Å²) in [5, 5.41) is 9.51. The molecule has 0 fully saturated rings. The summed E-state index contributed by atoms with van der Waals surface area (Å²) in [7, 11) is 0. The third kappa shape index (κ3) is 2.50. The molecule has 0 heterocycles. The molecule has 2 rings (SSSR count). The van der Waals surface area contributed by atoms with Crippen LogP contribution in [-0.2, 0) is 5.41 Å². The van der Waals surface area contributed by atoms with Gasteiger partial charge in [0, 0.05) is 6.07 Å². The number of phenols is 1. The third-order valence-electron chi connectivity index (χ3n) is 2.83. The molecule has 1 radical (unpaired) electrons. The molecule has 87 valence electrons. The number of rotatable bonds is 1. The van der Waals surface area contributed by atoms with Crippen LogP contribution in [0.2, 0.25) is 0 Å². The second kappa shape index (κ2) is 4.25. The first-order valence-electron chi connectivity index (χ1n) is 5.79. The zero-order valence-electron chi connectivity index (χ0n) is 10.5. The molecule has 0 spiro atoms. The van der Waals surface area contributed by atoms with E-state index >= 15 is 0 Å². The van der Waals surface area contributed by atoms with Crippen molar-refractivity contribution in [2.75, 3.05) is 0 Å². The van der Waals surface area contributed by atoms with Gasteiger partial charge in [-0.2, -0.15) is 0 Å². The Bertz CT molecular complexity index is 521. The lowest BCUT2D eigenvalue weighted by atomic mass is 9.82. The van der Waals surface area contributed by atoms with Crippen molar-refractivity contribution in [3.05, 3.63) is 54.1 Å². The van der Waals surface area contributed by atoms with E-state index in [-0.39, 0.29) is 11.2 Å². The molecule has 0 aliphatic carbocycles. The van der Waals surface area contributed by atoms with Gasteiger partial charge in [-0.1, -0.05) is 51.1 Å². The van der Waals surface area contributed by atoms with Crippen LogP contribution in [0.3, 0.4) is 0 Å². The van der Waals surface area contributed by atoms with Crippen molar-refractivity contribution < 1.29 is 5.11 Å². The fourth-order valence-corrected chi connectivity index (χ4v) is 2.01. The van der Waals surface area contributed by atoms with Crippen molar-refractivity contribution in [3.8, 4) is 16.9 Å². The third-order valence-corrected chi connectivity index (χ3v) is 2.83. The van der Waals surface area contributed by atoms with Crippen LogP contribution in [0, 0.1) is 6.07 Å². The Labute approximate surface area is 103 Å². The van der Waals surface area contributed by atoms with Gasteiger partial charge in [-0.05, 0) is 34.2 Å². The minimum absolute atomic E-state index is 0.0891. The molecule has 0 aliphatic rings. The van der Waals surface area contributed by atoms with E-state index in [0.29, 0.717) is 0 Å². The standard InChI is InChI=1S/C16H17O/c1-16(2,3)15-10-5-4-9-14(15)12-7-6-8-13(17)11-12/h4-7,9-11,17H,1-3H3. The first-order valence-corrected chi connectivity index (χ1v) is 5.79. The van der Waals surface area contributed by atoms with Crippen molar-refractivity contribution in [2.24, 2.45) is 0 Å². The highest BCUT2D eigenvalue weighted by molar-refractivity contribution is 5.69. The second-order valence-corrected chi connectivity index (χ2v) is 5.26. The van der Waals surface area contributed by atoms with Crippen molar-refractivity contribution in [1.29, 1.82) is 0 Å². The molecule has 0 saturated heterocycles. The van der Waals surface area contributed by atoms with Crippen molar-refractivity contribution in [1.82, 2.24) is 0 Å². The zero-order chi connectivity index (χ0) is 12.5. The summed E-state index contributed by atoms with van der Waals surface area (Å²) in [4.78, 5) is 0. The van der Waals surface area contributed by atoms with Gasteiger partial charge in [0.25, 0.3) is 0 Å². The van der Waals surface area contributed by atoms with Crippen LogP contribution in [0.5, 0.6) is 5.75 Å². The van der Waals surface area contributed by atoms with Gasteiger partial charge in [-0.25, -0.2) is 0 Å². The van der Waals surface area contributed by atoms with Gasteiger partial charge in [0.15, 0.2) is 0 Å². The van der Waals surface area contributed by atoms with Gasteiger partial charge in [-0.3, -0.25) is 0 Å². The van der Waals surface area contributed by atoms with Crippen LogP contribution in [-0.4, -0.2) is 5.11 Å². The first-order chi connectivity index (χ1) is 7.98. The molecule has 1 heteroatoms. The lowest BCUT2D eigenvalue weighted by molar-refractivity contribution is 0.474. The fourth-order valence-electron chi connectivity index (χ4n) is 2.01. The fraction of sp³-hybridized carbons (Fsp3) is 0.250. The largest absolute Gasteiger partial charge is 0.507 e. The van der Waals surface area contributed by atoms with E-state index in [4.69, 9.17) is 0 Å². The van der Waals surface area contributed by atoms with E-state index in [1.807, 2.05) is 12.1 Å². The molecule has 2 aromatic carbocycles. The molecule has 0 atom stereocenters. The quantitative estimate of drug-likeness (QED) is 0.772. The van der Waals surface area contributed by atoms with Gasteiger partial charge < -0.3 is 5.11 Å². The molecular weight excluding hydrogens is 208 g/mol.